The van der Waals surface area contributed by atoms with Gasteiger partial charge in [0.25, 0.3) is 0 Å². The van der Waals surface area contributed by atoms with Crippen molar-refractivity contribution in [2.75, 3.05) is 10.6 Å². The number of hydrogen-bond donors (Lipinski definition) is 2. The summed E-state index contributed by atoms with van der Waals surface area (Å²) in [5.41, 5.74) is 0.407. The highest BCUT2D eigenvalue weighted by Crippen LogP contribution is 2.55. The second kappa shape index (κ2) is 5.12. The summed E-state index contributed by atoms with van der Waals surface area (Å²) in [5.74, 6) is 2.00. The highest BCUT2D eigenvalue weighted by atomic mass is 35.5. The van der Waals surface area contributed by atoms with Crippen LogP contribution >= 0.6 is 23.2 Å². The van der Waals surface area contributed by atoms with E-state index in [2.05, 4.69) is 17.6 Å². The summed E-state index contributed by atoms with van der Waals surface area (Å²) in [6, 6.07) is 11.3. The van der Waals surface area contributed by atoms with Gasteiger partial charge in [-0.2, -0.15) is 0 Å². The van der Waals surface area contributed by atoms with Crippen molar-refractivity contribution in [1.29, 1.82) is 0 Å². The predicted octanol–water partition coefficient (Wildman–Crippen LogP) is 5.51. The average Bonchev–Trinajstić information content (AvgIpc) is 2.56. The van der Waals surface area contributed by atoms with Gasteiger partial charge in [-0.1, -0.05) is 30.1 Å². The van der Waals surface area contributed by atoms with E-state index in [-0.39, 0.29) is 0 Å². The van der Waals surface area contributed by atoms with Crippen molar-refractivity contribution < 1.29 is 9.47 Å². The first kappa shape index (κ1) is 15.5. The van der Waals surface area contributed by atoms with Crippen LogP contribution < -0.4 is 20.1 Å². The van der Waals surface area contributed by atoms with Gasteiger partial charge in [-0.3, -0.25) is 0 Å². The number of halogens is 2. The summed E-state index contributed by atoms with van der Waals surface area (Å²) < 4.78 is 13.1. The van der Waals surface area contributed by atoms with Gasteiger partial charge in [0.05, 0.1) is 11.4 Å². The lowest BCUT2D eigenvalue weighted by molar-refractivity contribution is -0.135. The Hall–Kier alpha value is -1.78. The van der Waals surface area contributed by atoms with Crippen molar-refractivity contribution in [1.82, 2.24) is 0 Å². The Kier molecular flexibility index (Phi) is 3.17. The number of fused-ring (bicyclic) bond motifs is 2. The van der Waals surface area contributed by atoms with E-state index in [9.17, 15) is 0 Å². The fraction of sp³-hybridized carbons (Fsp3) is 0.368. The van der Waals surface area contributed by atoms with E-state index >= 15 is 0 Å². The zero-order valence-corrected chi connectivity index (χ0v) is 15.2. The maximum atomic E-state index is 6.54. The van der Waals surface area contributed by atoms with Gasteiger partial charge in [-0.25, -0.2) is 0 Å². The molecule has 25 heavy (non-hydrogen) atoms. The average molecular weight is 377 g/mol. The Bertz CT molecular complexity index is 874. The fourth-order valence-electron chi connectivity index (χ4n) is 4.21. The largest absolute Gasteiger partial charge is 0.459 e. The van der Waals surface area contributed by atoms with Crippen LogP contribution in [0, 0.1) is 5.92 Å². The molecule has 6 heteroatoms. The number of anilines is 2. The highest BCUT2D eigenvalue weighted by Gasteiger charge is 2.64. The van der Waals surface area contributed by atoms with Crippen LogP contribution in [0.1, 0.15) is 26.2 Å². The molecule has 0 spiro atoms. The van der Waals surface area contributed by atoms with E-state index in [4.69, 9.17) is 32.7 Å². The van der Waals surface area contributed by atoms with E-state index in [0.717, 1.165) is 42.1 Å². The smallest absolute Gasteiger partial charge is 0.240 e. The molecule has 3 atom stereocenters. The molecule has 4 nitrogen and oxygen atoms in total. The van der Waals surface area contributed by atoms with Gasteiger partial charge < -0.3 is 20.1 Å². The van der Waals surface area contributed by atoms with E-state index in [1.54, 1.807) is 0 Å². The van der Waals surface area contributed by atoms with Crippen LogP contribution in [-0.4, -0.2) is 11.4 Å². The molecule has 2 aromatic carbocycles. The molecule has 1 unspecified atom stereocenters. The minimum absolute atomic E-state index is 0.514. The van der Waals surface area contributed by atoms with E-state index in [1.165, 1.54) is 0 Å². The molecule has 1 saturated carbocycles. The molecule has 0 amide bonds. The van der Waals surface area contributed by atoms with Crippen molar-refractivity contribution in [3.8, 4) is 11.5 Å². The summed E-state index contributed by atoms with van der Waals surface area (Å²) in [6.45, 7) is 2.24. The van der Waals surface area contributed by atoms with Gasteiger partial charge in [0, 0.05) is 35.0 Å². The number of benzene rings is 2. The molecule has 2 aliphatic heterocycles. The van der Waals surface area contributed by atoms with Crippen LogP contribution in [0.3, 0.4) is 0 Å². The first-order chi connectivity index (χ1) is 12.0. The number of hydrogen-bond acceptors (Lipinski definition) is 4. The lowest BCUT2D eigenvalue weighted by atomic mass is 9.75. The minimum Gasteiger partial charge on any atom is -0.459 e. The summed E-state index contributed by atoms with van der Waals surface area (Å²) in [6.07, 6.45) is 2.71. The normalized spacial score (nSPS) is 31.7. The Labute approximate surface area is 156 Å². The minimum atomic E-state index is -0.691. The molecule has 3 aliphatic rings. The summed E-state index contributed by atoms with van der Waals surface area (Å²) in [5, 5.41) is 8.51. The van der Waals surface area contributed by atoms with Crippen LogP contribution in [0.5, 0.6) is 11.5 Å². The maximum absolute atomic E-state index is 6.54. The number of nitrogens with one attached hydrogen (secondary N) is 2. The third-order valence-corrected chi connectivity index (χ3v) is 5.88. The van der Waals surface area contributed by atoms with E-state index < -0.39 is 11.4 Å². The van der Waals surface area contributed by atoms with Crippen LogP contribution in [0.15, 0.2) is 36.4 Å². The van der Waals surface area contributed by atoms with Gasteiger partial charge in [0.1, 0.15) is 11.5 Å². The molecule has 1 aliphatic carbocycles. The third-order valence-electron chi connectivity index (χ3n) is 5.41. The third kappa shape index (κ3) is 2.20. The van der Waals surface area contributed by atoms with Crippen molar-refractivity contribution in [2.45, 2.75) is 37.6 Å². The summed E-state index contributed by atoms with van der Waals surface area (Å²) in [4.78, 5) is 0. The standard InChI is InChI=1S/C19H18Cl2N2O2/c1-11-6-7-18-19(10-11,23-15-5-3-12(20)8-16(15)24-18)25-17-9-13(21)2-4-14(17)22-18/h2-5,8-9,11,22-23H,6-7,10H2,1H3/t11?,18-,19-/m1/s1. The SMILES string of the molecule is CC1CC[C@]23Nc4ccc(Cl)cc4O[C@@]2(C1)Nc1ccc(Cl)cc1O3. The molecule has 0 bridgehead atoms. The Morgan fingerprint density at radius 1 is 0.920 bits per heavy atom. The number of rotatable bonds is 0. The first-order valence-corrected chi connectivity index (χ1v) is 9.28. The molecule has 1 fully saturated rings. The lowest BCUT2D eigenvalue weighted by Crippen LogP contribution is -2.74. The lowest BCUT2D eigenvalue weighted by Gasteiger charge is -2.59. The molecule has 0 saturated heterocycles. The van der Waals surface area contributed by atoms with Gasteiger partial charge >= 0.3 is 0 Å². The molecule has 0 radical (unpaired) electrons. The highest BCUT2D eigenvalue weighted by molar-refractivity contribution is 6.31. The first-order valence-electron chi connectivity index (χ1n) is 8.52. The molecule has 2 N–H and O–H groups in total. The summed E-state index contributed by atoms with van der Waals surface area (Å²) in [7, 11) is 0. The van der Waals surface area contributed by atoms with E-state index in [0.29, 0.717) is 16.0 Å². The molecule has 2 aromatic rings. The Morgan fingerprint density at radius 2 is 1.48 bits per heavy atom. The van der Waals surface area contributed by atoms with Crippen LogP contribution in [0.4, 0.5) is 11.4 Å². The van der Waals surface area contributed by atoms with Gasteiger partial charge in [0.2, 0.25) is 11.4 Å². The van der Waals surface area contributed by atoms with Crippen LogP contribution in [0.2, 0.25) is 10.0 Å². The van der Waals surface area contributed by atoms with Crippen molar-refractivity contribution >= 4 is 34.6 Å². The zero-order valence-electron chi connectivity index (χ0n) is 13.7. The summed E-state index contributed by atoms with van der Waals surface area (Å²) >= 11 is 12.3. The molecular weight excluding hydrogens is 359 g/mol. The molecule has 0 aromatic heterocycles. The fourth-order valence-corrected chi connectivity index (χ4v) is 4.54. The van der Waals surface area contributed by atoms with Crippen LogP contribution in [-0.2, 0) is 0 Å². The molecule has 2 heterocycles. The topological polar surface area (TPSA) is 42.5 Å². The quantitative estimate of drug-likeness (QED) is 0.635. The predicted molar refractivity (Wildman–Crippen MR) is 99.9 cm³/mol. The van der Waals surface area contributed by atoms with Gasteiger partial charge in [-0.05, 0) is 36.6 Å². The molecule has 130 valence electrons. The Balaban J connectivity index is 1.68. The van der Waals surface area contributed by atoms with E-state index in [1.807, 2.05) is 36.4 Å². The maximum Gasteiger partial charge on any atom is 0.240 e. The monoisotopic (exact) mass is 376 g/mol. The molecule has 5 rings (SSSR count). The van der Waals surface area contributed by atoms with Crippen molar-refractivity contribution in [3.63, 3.8) is 0 Å². The second-order valence-electron chi connectivity index (χ2n) is 7.24. The molecular formula is C19H18Cl2N2O2. The zero-order chi connectivity index (χ0) is 17.2. The Morgan fingerprint density at radius 3 is 2.12 bits per heavy atom. The van der Waals surface area contributed by atoms with Gasteiger partial charge in [-0.15, -0.1) is 0 Å². The van der Waals surface area contributed by atoms with Crippen molar-refractivity contribution in [3.05, 3.63) is 46.4 Å². The van der Waals surface area contributed by atoms with Gasteiger partial charge in [0.15, 0.2) is 0 Å². The second-order valence-corrected chi connectivity index (χ2v) is 8.11. The van der Waals surface area contributed by atoms with Crippen molar-refractivity contribution in [2.24, 2.45) is 5.92 Å². The number of ether oxygens (including phenoxy) is 2. The van der Waals surface area contributed by atoms with Crippen LogP contribution in [0.25, 0.3) is 0 Å².